The van der Waals surface area contributed by atoms with E-state index in [1.165, 1.54) is 0 Å². The molecule has 1 atom stereocenters. The summed E-state index contributed by atoms with van der Waals surface area (Å²) in [5, 5.41) is 8.97. The highest BCUT2D eigenvalue weighted by Gasteiger charge is 2.37. The number of fused-ring (bicyclic) bond motifs is 1. The smallest absolute Gasteiger partial charge is 0.344 e. The number of benzene rings is 1. The lowest BCUT2D eigenvalue weighted by molar-refractivity contribution is -0.146. The Bertz CT molecular complexity index is 396. The van der Waals surface area contributed by atoms with Crippen LogP contribution in [0, 0.1) is 0 Å². The fourth-order valence-corrected chi connectivity index (χ4v) is 2.03. The Morgan fingerprint density at radius 3 is 2.80 bits per heavy atom. The van der Waals surface area contributed by atoms with Crippen molar-refractivity contribution in [3.63, 3.8) is 0 Å². The number of para-hydroxylation sites is 1. The third-order valence-electron chi connectivity index (χ3n) is 2.86. The summed E-state index contributed by atoms with van der Waals surface area (Å²) in [6, 6.07) is 7.63. The SMILES string of the molecule is CC1(C)CC(C(=O)O)Oc2ccccc21. The van der Waals surface area contributed by atoms with Gasteiger partial charge in [-0.2, -0.15) is 0 Å². The molecule has 80 valence electrons. The third-order valence-corrected chi connectivity index (χ3v) is 2.86. The minimum atomic E-state index is -0.891. The van der Waals surface area contributed by atoms with E-state index >= 15 is 0 Å². The van der Waals surface area contributed by atoms with Crippen LogP contribution in [0.5, 0.6) is 5.75 Å². The maximum Gasteiger partial charge on any atom is 0.344 e. The van der Waals surface area contributed by atoms with Gasteiger partial charge in [0.1, 0.15) is 5.75 Å². The molecule has 15 heavy (non-hydrogen) atoms. The summed E-state index contributed by atoms with van der Waals surface area (Å²) in [6.07, 6.45) is -0.214. The zero-order chi connectivity index (χ0) is 11.1. The molecule has 0 saturated carbocycles. The minimum Gasteiger partial charge on any atom is -0.479 e. The molecule has 1 aliphatic rings. The van der Waals surface area contributed by atoms with E-state index in [-0.39, 0.29) is 5.41 Å². The van der Waals surface area contributed by atoms with Gasteiger partial charge in [-0.3, -0.25) is 0 Å². The Morgan fingerprint density at radius 1 is 1.47 bits per heavy atom. The van der Waals surface area contributed by atoms with E-state index in [0.29, 0.717) is 12.2 Å². The number of carboxylic acids is 1. The van der Waals surface area contributed by atoms with Gasteiger partial charge in [0.15, 0.2) is 6.10 Å². The molecule has 0 aliphatic carbocycles. The van der Waals surface area contributed by atoms with Crippen LogP contribution in [-0.4, -0.2) is 17.2 Å². The van der Waals surface area contributed by atoms with Crippen molar-refractivity contribution in [3.05, 3.63) is 29.8 Å². The highest BCUT2D eigenvalue weighted by atomic mass is 16.5. The van der Waals surface area contributed by atoms with Crippen molar-refractivity contribution < 1.29 is 14.6 Å². The quantitative estimate of drug-likeness (QED) is 0.766. The summed E-state index contributed by atoms with van der Waals surface area (Å²) in [5.41, 5.74) is 0.945. The topological polar surface area (TPSA) is 46.5 Å². The van der Waals surface area contributed by atoms with Crippen molar-refractivity contribution in [2.75, 3.05) is 0 Å². The molecule has 1 N–H and O–H groups in total. The summed E-state index contributed by atoms with van der Waals surface area (Å²) in [4.78, 5) is 10.9. The first-order valence-corrected chi connectivity index (χ1v) is 5.00. The molecule has 3 heteroatoms. The molecule has 1 aromatic carbocycles. The predicted octanol–water partition coefficient (Wildman–Crippen LogP) is 2.20. The Labute approximate surface area is 88.7 Å². The summed E-state index contributed by atoms with van der Waals surface area (Å²) in [6.45, 7) is 4.09. The standard InChI is InChI=1S/C12H14O3/c1-12(2)7-10(11(13)14)15-9-6-4-3-5-8(9)12/h3-6,10H,7H2,1-2H3,(H,13,14). The summed E-state index contributed by atoms with van der Waals surface area (Å²) in [5.74, 6) is -0.196. The fraction of sp³-hybridized carbons (Fsp3) is 0.417. The monoisotopic (exact) mass is 206 g/mol. The largest absolute Gasteiger partial charge is 0.479 e. The average molecular weight is 206 g/mol. The maximum absolute atomic E-state index is 10.9. The fourth-order valence-electron chi connectivity index (χ4n) is 2.03. The number of hydrogen-bond acceptors (Lipinski definition) is 2. The van der Waals surface area contributed by atoms with Crippen LogP contribution in [0.3, 0.4) is 0 Å². The summed E-state index contributed by atoms with van der Waals surface area (Å²) in [7, 11) is 0. The summed E-state index contributed by atoms with van der Waals surface area (Å²) >= 11 is 0. The van der Waals surface area contributed by atoms with E-state index in [1.807, 2.05) is 38.1 Å². The highest BCUT2D eigenvalue weighted by molar-refractivity contribution is 5.73. The van der Waals surface area contributed by atoms with Gasteiger partial charge < -0.3 is 9.84 Å². The first kappa shape index (κ1) is 10.0. The predicted molar refractivity (Wildman–Crippen MR) is 56.1 cm³/mol. The van der Waals surface area contributed by atoms with Crippen LogP contribution < -0.4 is 4.74 Å². The van der Waals surface area contributed by atoms with Crippen LogP contribution in [-0.2, 0) is 10.2 Å². The Balaban J connectivity index is 2.43. The molecule has 1 aliphatic heterocycles. The first-order valence-electron chi connectivity index (χ1n) is 5.00. The lowest BCUT2D eigenvalue weighted by Gasteiger charge is -2.35. The molecular weight excluding hydrogens is 192 g/mol. The Morgan fingerprint density at radius 2 is 2.13 bits per heavy atom. The summed E-state index contributed by atoms with van der Waals surface area (Å²) < 4.78 is 5.43. The van der Waals surface area contributed by atoms with E-state index < -0.39 is 12.1 Å². The normalized spacial score (nSPS) is 22.7. The molecule has 0 saturated heterocycles. The number of rotatable bonds is 1. The first-order chi connectivity index (χ1) is 7.00. The second-order valence-electron chi connectivity index (χ2n) is 4.53. The second kappa shape index (κ2) is 3.26. The van der Waals surface area contributed by atoms with Gasteiger partial charge in [-0.15, -0.1) is 0 Å². The average Bonchev–Trinajstić information content (AvgIpc) is 2.16. The molecule has 0 radical (unpaired) electrons. The number of carboxylic acid groups (broad SMARTS) is 1. The molecule has 1 heterocycles. The van der Waals surface area contributed by atoms with Crippen LogP contribution >= 0.6 is 0 Å². The molecule has 0 spiro atoms. The van der Waals surface area contributed by atoms with Gasteiger partial charge in [0.25, 0.3) is 0 Å². The zero-order valence-corrected chi connectivity index (χ0v) is 8.86. The van der Waals surface area contributed by atoms with Gasteiger partial charge in [0.2, 0.25) is 0 Å². The van der Waals surface area contributed by atoms with Crippen molar-refractivity contribution in [1.82, 2.24) is 0 Å². The molecule has 2 rings (SSSR count). The van der Waals surface area contributed by atoms with E-state index in [2.05, 4.69) is 0 Å². The van der Waals surface area contributed by atoms with Crippen molar-refractivity contribution in [1.29, 1.82) is 0 Å². The Hall–Kier alpha value is -1.51. The molecule has 1 aromatic rings. The number of ether oxygens (including phenoxy) is 1. The lowest BCUT2D eigenvalue weighted by Crippen LogP contribution is -2.39. The van der Waals surface area contributed by atoms with E-state index in [0.717, 1.165) is 5.56 Å². The lowest BCUT2D eigenvalue weighted by atomic mass is 9.77. The molecule has 0 aromatic heterocycles. The van der Waals surface area contributed by atoms with Crippen LogP contribution in [0.1, 0.15) is 25.8 Å². The molecule has 0 fully saturated rings. The van der Waals surface area contributed by atoms with Crippen molar-refractivity contribution in [2.24, 2.45) is 0 Å². The highest BCUT2D eigenvalue weighted by Crippen LogP contribution is 2.40. The van der Waals surface area contributed by atoms with Crippen molar-refractivity contribution in [2.45, 2.75) is 31.8 Å². The van der Waals surface area contributed by atoms with Crippen molar-refractivity contribution in [3.8, 4) is 5.75 Å². The van der Waals surface area contributed by atoms with E-state index in [9.17, 15) is 4.79 Å². The van der Waals surface area contributed by atoms with Crippen molar-refractivity contribution >= 4 is 5.97 Å². The maximum atomic E-state index is 10.9. The van der Waals surface area contributed by atoms with Gasteiger partial charge in [0, 0.05) is 6.42 Å². The van der Waals surface area contributed by atoms with Gasteiger partial charge in [-0.25, -0.2) is 4.79 Å². The zero-order valence-electron chi connectivity index (χ0n) is 8.86. The van der Waals surface area contributed by atoms with Crippen LogP contribution in [0.2, 0.25) is 0 Å². The number of hydrogen-bond donors (Lipinski definition) is 1. The van der Waals surface area contributed by atoms with E-state index in [4.69, 9.17) is 9.84 Å². The molecule has 1 unspecified atom stereocenters. The van der Waals surface area contributed by atoms with Gasteiger partial charge >= 0.3 is 5.97 Å². The van der Waals surface area contributed by atoms with Gasteiger partial charge in [0.05, 0.1) is 0 Å². The van der Waals surface area contributed by atoms with Crippen LogP contribution in [0.25, 0.3) is 0 Å². The molecule has 0 bridgehead atoms. The second-order valence-corrected chi connectivity index (χ2v) is 4.53. The van der Waals surface area contributed by atoms with Crippen LogP contribution in [0.4, 0.5) is 0 Å². The molecular formula is C12H14O3. The van der Waals surface area contributed by atoms with Gasteiger partial charge in [-0.1, -0.05) is 32.0 Å². The number of aliphatic carboxylic acids is 1. The molecule has 0 amide bonds. The number of carbonyl (C=O) groups is 1. The van der Waals surface area contributed by atoms with E-state index in [1.54, 1.807) is 0 Å². The van der Waals surface area contributed by atoms with Gasteiger partial charge in [-0.05, 0) is 17.0 Å². The molecule has 3 nitrogen and oxygen atoms in total. The third kappa shape index (κ3) is 1.69. The minimum absolute atomic E-state index is 0.141. The Kier molecular flexibility index (Phi) is 2.18. The van der Waals surface area contributed by atoms with Crippen LogP contribution in [0.15, 0.2) is 24.3 Å².